The molecule has 2 N–H and O–H groups in total. The van der Waals surface area contributed by atoms with E-state index in [1.54, 1.807) is 18.5 Å². The van der Waals surface area contributed by atoms with Crippen LogP contribution in [0.4, 0.5) is 5.82 Å². The highest BCUT2D eigenvalue weighted by Crippen LogP contribution is 2.46. The van der Waals surface area contributed by atoms with Crippen LogP contribution >= 0.6 is 0 Å². The van der Waals surface area contributed by atoms with Crippen molar-refractivity contribution in [2.45, 2.75) is 38.2 Å². The molecule has 2 aromatic heterocycles. The number of nitrogens with one attached hydrogen (secondary N) is 1. The van der Waals surface area contributed by atoms with Gasteiger partial charge in [-0.1, -0.05) is 25.1 Å². The van der Waals surface area contributed by atoms with Crippen molar-refractivity contribution in [3.8, 4) is 0 Å². The Morgan fingerprint density at radius 2 is 2.04 bits per heavy atom. The minimum absolute atomic E-state index is 0.142. The van der Waals surface area contributed by atoms with Gasteiger partial charge in [-0.05, 0) is 36.8 Å². The van der Waals surface area contributed by atoms with Gasteiger partial charge in [0.1, 0.15) is 12.6 Å². The standard InChI is InChI=1S/C20H21N5O3/c1-11-7-14(26)17-13(11)8-15(28-17)25-10-23-16-18(21-9-22-19(16)25)24-20(27)12-5-3-2-4-6-12/h2-6,9-11,13-15,17,26H,7-8H2,1H3,(H,21,22,24,27)/t11-,13+,14-,15+,17+/m1/s1. The van der Waals surface area contributed by atoms with Crippen molar-refractivity contribution in [3.05, 3.63) is 48.5 Å². The number of rotatable bonds is 3. The lowest BCUT2D eigenvalue weighted by Gasteiger charge is -2.17. The smallest absolute Gasteiger partial charge is 0.256 e. The number of hydrogen-bond acceptors (Lipinski definition) is 6. The maximum absolute atomic E-state index is 12.5. The molecule has 2 fully saturated rings. The summed E-state index contributed by atoms with van der Waals surface area (Å²) < 4.78 is 8.00. The summed E-state index contributed by atoms with van der Waals surface area (Å²) in [5.41, 5.74) is 1.66. The van der Waals surface area contributed by atoms with Gasteiger partial charge in [0.25, 0.3) is 5.91 Å². The molecule has 1 saturated heterocycles. The van der Waals surface area contributed by atoms with E-state index in [1.165, 1.54) is 6.33 Å². The highest BCUT2D eigenvalue weighted by Gasteiger charge is 2.48. The van der Waals surface area contributed by atoms with Crippen LogP contribution in [0, 0.1) is 11.8 Å². The van der Waals surface area contributed by atoms with Crippen LogP contribution in [0.15, 0.2) is 43.0 Å². The summed E-state index contributed by atoms with van der Waals surface area (Å²) >= 11 is 0. The van der Waals surface area contributed by atoms with Gasteiger partial charge in [-0.15, -0.1) is 0 Å². The molecule has 1 aliphatic heterocycles. The number of aliphatic hydroxyl groups excluding tert-OH is 1. The molecule has 0 spiro atoms. The Bertz CT molecular complexity index is 1010. The maximum atomic E-state index is 12.5. The number of ether oxygens (including phenoxy) is 1. The number of carbonyl (C=O) groups excluding carboxylic acids is 1. The Kier molecular flexibility index (Phi) is 4.10. The molecular formula is C20H21N5O3. The molecule has 1 aliphatic carbocycles. The quantitative estimate of drug-likeness (QED) is 0.724. The number of anilines is 1. The Hall–Kier alpha value is -2.84. The van der Waals surface area contributed by atoms with Gasteiger partial charge < -0.3 is 15.2 Å². The van der Waals surface area contributed by atoms with E-state index in [9.17, 15) is 9.90 Å². The summed E-state index contributed by atoms with van der Waals surface area (Å²) in [4.78, 5) is 25.4. The maximum Gasteiger partial charge on any atom is 0.256 e. The van der Waals surface area contributed by atoms with Crippen LogP contribution in [0.1, 0.15) is 36.4 Å². The molecular weight excluding hydrogens is 358 g/mol. The number of carbonyl (C=O) groups is 1. The molecule has 0 unspecified atom stereocenters. The van der Waals surface area contributed by atoms with Crippen molar-refractivity contribution < 1.29 is 14.6 Å². The lowest BCUT2D eigenvalue weighted by molar-refractivity contribution is -0.0525. The highest BCUT2D eigenvalue weighted by molar-refractivity contribution is 6.06. The van der Waals surface area contributed by atoms with Crippen LogP contribution in [0.25, 0.3) is 11.2 Å². The predicted octanol–water partition coefficient (Wildman–Crippen LogP) is 2.38. The van der Waals surface area contributed by atoms with Crippen molar-refractivity contribution in [3.63, 3.8) is 0 Å². The monoisotopic (exact) mass is 379 g/mol. The lowest BCUT2D eigenvalue weighted by atomic mass is 9.95. The summed E-state index contributed by atoms with van der Waals surface area (Å²) in [6.45, 7) is 2.16. The van der Waals surface area contributed by atoms with Gasteiger partial charge in [0.05, 0.1) is 18.5 Å². The second kappa shape index (κ2) is 6.65. The number of fused-ring (bicyclic) bond motifs is 2. The average Bonchev–Trinajstić information content (AvgIpc) is 3.39. The van der Waals surface area contributed by atoms with Crippen molar-refractivity contribution in [1.29, 1.82) is 0 Å². The lowest BCUT2D eigenvalue weighted by Crippen LogP contribution is -2.23. The minimum Gasteiger partial charge on any atom is -0.390 e. The fourth-order valence-electron chi connectivity index (χ4n) is 4.43. The molecule has 144 valence electrons. The first-order valence-corrected chi connectivity index (χ1v) is 9.49. The van der Waals surface area contributed by atoms with E-state index >= 15 is 0 Å². The normalized spacial score (nSPS) is 29.1. The van der Waals surface area contributed by atoms with Crippen LogP contribution in [-0.4, -0.2) is 42.7 Å². The fraction of sp³-hybridized carbons (Fsp3) is 0.400. The van der Waals surface area contributed by atoms with Gasteiger partial charge in [0.15, 0.2) is 17.0 Å². The van der Waals surface area contributed by atoms with E-state index in [1.807, 2.05) is 22.8 Å². The van der Waals surface area contributed by atoms with E-state index in [2.05, 4.69) is 27.2 Å². The average molecular weight is 379 g/mol. The zero-order chi connectivity index (χ0) is 19.3. The molecule has 5 atom stereocenters. The van der Waals surface area contributed by atoms with Crippen molar-refractivity contribution in [2.75, 3.05) is 5.32 Å². The number of nitrogens with zero attached hydrogens (tertiary/aromatic N) is 4. The van der Waals surface area contributed by atoms with Gasteiger partial charge in [0.2, 0.25) is 0 Å². The predicted molar refractivity (Wildman–Crippen MR) is 102 cm³/mol. The van der Waals surface area contributed by atoms with Gasteiger partial charge in [-0.3, -0.25) is 9.36 Å². The largest absolute Gasteiger partial charge is 0.390 e. The van der Waals surface area contributed by atoms with Crippen molar-refractivity contribution in [2.24, 2.45) is 11.8 Å². The molecule has 28 heavy (non-hydrogen) atoms. The van der Waals surface area contributed by atoms with Gasteiger partial charge in [0, 0.05) is 5.56 Å². The zero-order valence-corrected chi connectivity index (χ0v) is 15.4. The Balaban J connectivity index is 1.43. The van der Waals surface area contributed by atoms with Crippen LogP contribution in [-0.2, 0) is 4.74 Å². The molecule has 2 aliphatic rings. The Labute approximate surface area is 161 Å². The van der Waals surface area contributed by atoms with E-state index in [0.29, 0.717) is 34.4 Å². The third kappa shape index (κ3) is 2.76. The first-order chi connectivity index (χ1) is 13.6. The third-order valence-electron chi connectivity index (χ3n) is 5.87. The molecule has 3 heterocycles. The molecule has 1 amide bonds. The van der Waals surface area contributed by atoms with Crippen LogP contribution in [0.2, 0.25) is 0 Å². The second-order valence-electron chi connectivity index (χ2n) is 7.60. The van der Waals surface area contributed by atoms with E-state index < -0.39 is 6.10 Å². The molecule has 0 radical (unpaired) electrons. The summed E-state index contributed by atoms with van der Waals surface area (Å²) in [6.07, 6.45) is 3.88. The molecule has 8 heteroatoms. The van der Waals surface area contributed by atoms with Crippen LogP contribution in [0.3, 0.4) is 0 Å². The number of hydrogen-bond donors (Lipinski definition) is 2. The summed E-state index contributed by atoms with van der Waals surface area (Å²) in [7, 11) is 0. The topological polar surface area (TPSA) is 102 Å². The SMILES string of the molecule is C[C@@H]1C[C@@H](O)[C@H]2O[C@H](n3cnc4c(NC(=O)c5ccccc5)ncnc43)C[C@H]21. The molecule has 8 nitrogen and oxygen atoms in total. The zero-order valence-electron chi connectivity index (χ0n) is 15.4. The van der Waals surface area contributed by atoms with Gasteiger partial charge >= 0.3 is 0 Å². The summed E-state index contributed by atoms with van der Waals surface area (Å²) in [5, 5.41) is 13.0. The highest BCUT2D eigenvalue weighted by atomic mass is 16.5. The van der Waals surface area contributed by atoms with E-state index in [-0.39, 0.29) is 18.2 Å². The minimum atomic E-state index is -0.421. The number of benzene rings is 1. The van der Waals surface area contributed by atoms with Crippen LogP contribution in [0.5, 0.6) is 0 Å². The van der Waals surface area contributed by atoms with Crippen LogP contribution < -0.4 is 5.32 Å². The molecule has 1 aromatic carbocycles. The first-order valence-electron chi connectivity index (χ1n) is 9.49. The number of amides is 1. The van der Waals surface area contributed by atoms with Gasteiger partial charge in [-0.25, -0.2) is 15.0 Å². The van der Waals surface area contributed by atoms with Gasteiger partial charge in [-0.2, -0.15) is 0 Å². The molecule has 0 bridgehead atoms. The second-order valence-corrected chi connectivity index (χ2v) is 7.60. The number of aliphatic hydroxyl groups is 1. The van der Waals surface area contributed by atoms with E-state index in [4.69, 9.17) is 4.74 Å². The number of imidazole rings is 1. The first kappa shape index (κ1) is 17.3. The van der Waals surface area contributed by atoms with Crippen molar-refractivity contribution in [1.82, 2.24) is 19.5 Å². The molecule has 5 rings (SSSR count). The fourth-order valence-corrected chi connectivity index (χ4v) is 4.43. The molecule has 1 saturated carbocycles. The summed E-state index contributed by atoms with van der Waals surface area (Å²) in [5.74, 6) is 0.870. The Morgan fingerprint density at radius 3 is 2.82 bits per heavy atom. The van der Waals surface area contributed by atoms with Crippen molar-refractivity contribution >= 4 is 22.9 Å². The van der Waals surface area contributed by atoms with E-state index in [0.717, 1.165) is 12.8 Å². The number of aromatic nitrogens is 4. The Morgan fingerprint density at radius 1 is 1.21 bits per heavy atom. The summed E-state index contributed by atoms with van der Waals surface area (Å²) in [6, 6.07) is 8.95. The molecule has 3 aromatic rings. The third-order valence-corrected chi connectivity index (χ3v) is 5.87.